The maximum absolute atomic E-state index is 11.9. The average Bonchev–Trinajstić information content (AvgIpc) is 2.23. The second-order valence-electron chi connectivity index (χ2n) is 3.83. The Morgan fingerprint density at radius 2 is 2.25 bits per heavy atom. The Morgan fingerprint density at radius 3 is 2.94 bits per heavy atom. The van der Waals surface area contributed by atoms with Gasteiger partial charge < -0.3 is 10.6 Å². The van der Waals surface area contributed by atoms with Crippen molar-refractivity contribution in [3.63, 3.8) is 0 Å². The molecule has 0 aromatic heterocycles. The van der Waals surface area contributed by atoms with Crippen LogP contribution in [0.4, 0.5) is 5.69 Å². The molecule has 0 radical (unpaired) electrons. The Balaban J connectivity index is 2.32. The summed E-state index contributed by atoms with van der Waals surface area (Å²) < 4.78 is 0.822. The Labute approximate surface area is 108 Å². The van der Waals surface area contributed by atoms with Crippen LogP contribution in [0.1, 0.15) is 12.8 Å². The molecule has 1 atom stereocenters. The molecule has 3 nitrogen and oxygen atoms in total. The molecular formula is C11H12BrClN2O. The van der Waals surface area contributed by atoms with E-state index in [0.717, 1.165) is 23.0 Å². The molecule has 0 bridgehead atoms. The number of carbonyl (C=O) groups excluding carboxylic acids is 1. The number of benzene rings is 1. The molecule has 86 valence electrons. The summed E-state index contributed by atoms with van der Waals surface area (Å²) in [6.07, 6.45) is 1.70. The van der Waals surface area contributed by atoms with Crippen LogP contribution in [0.25, 0.3) is 0 Å². The highest BCUT2D eigenvalue weighted by molar-refractivity contribution is 9.10. The maximum atomic E-state index is 11.9. The number of halogens is 2. The molecule has 1 aliphatic heterocycles. The number of amides is 1. The molecule has 0 spiro atoms. The second-order valence-corrected chi connectivity index (χ2v) is 5.13. The number of carbonyl (C=O) groups is 1. The fourth-order valence-corrected chi connectivity index (χ4v) is 2.74. The lowest BCUT2D eigenvalue weighted by Crippen LogP contribution is -2.48. The highest BCUT2D eigenvalue weighted by Gasteiger charge is 2.27. The quantitative estimate of drug-likeness (QED) is 0.866. The van der Waals surface area contributed by atoms with Crippen molar-refractivity contribution in [3.8, 4) is 0 Å². The maximum Gasteiger partial charge on any atom is 0.243 e. The number of nitrogens with two attached hydrogens (primary N) is 1. The molecule has 5 heteroatoms. The van der Waals surface area contributed by atoms with Crippen LogP contribution in [0, 0.1) is 0 Å². The number of nitrogens with zero attached hydrogens (tertiary/aromatic N) is 1. The van der Waals surface area contributed by atoms with Crippen molar-refractivity contribution in [2.75, 3.05) is 11.4 Å². The summed E-state index contributed by atoms with van der Waals surface area (Å²) in [7, 11) is 0. The van der Waals surface area contributed by atoms with Gasteiger partial charge in [-0.3, -0.25) is 4.79 Å². The normalized spacial score (nSPS) is 21.3. The van der Waals surface area contributed by atoms with Crippen LogP contribution in [-0.2, 0) is 4.79 Å². The SMILES string of the molecule is NC1CCCN(c2ccc(Cl)cc2Br)C1=O. The van der Waals surface area contributed by atoms with Crippen molar-refractivity contribution in [3.05, 3.63) is 27.7 Å². The van der Waals surface area contributed by atoms with E-state index >= 15 is 0 Å². The van der Waals surface area contributed by atoms with Gasteiger partial charge in [0.25, 0.3) is 0 Å². The number of rotatable bonds is 1. The molecular weight excluding hydrogens is 291 g/mol. The third-order valence-electron chi connectivity index (χ3n) is 2.68. The lowest BCUT2D eigenvalue weighted by molar-refractivity contribution is -0.120. The van der Waals surface area contributed by atoms with E-state index in [4.69, 9.17) is 17.3 Å². The Hall–Kier alpha value is -0.580. The summed E-state index contributed by atoms with van der Waals surface area (Å²) in [5.41, 5.74) is 6.59. The van der Waals surface area contributed by atoms with Crippen molar-refractivity contribution in [1.82, 2.24) is 0 Å². The molecule has 1 aliphatic rings. The van der Waals surface area contributed by atoms with Crippen LogP contribution in [-0.4, -0.2) is 18.5 Å². The zero-order valence-electron chi connectivity index (χ0n) is 8.62. The average molecular weight is 304 g/mol. The van der Waals surface area contributed by atoms with E-state index in [1.165, 1.54) is 0 Å². The zero-order valence-corrected chi connectivity index (χ0v) is 11.0. The van der Waals surface area contributed by atoms with Crippen molar-refractivity contribution in [2.45, 2.75) is 18.9 Å². The van der Waals surface area contributed by atoms with Gasteiger partial charge in [-0.25, -0.2) is 0 Å². The lowest BCUT2D eigenvalue weighted by Gasteiger charge is -2.31. The molecule has 2 N–H and O–H groups in total. The molecule has 1 fully saturated rings. The highest BCUT2D eigenvalue weighted by Crippen LogP contribution is 2.31. The van der Waals surface area contributed by atoms with Gasteiger partial charge in [-0.05, 0) is 47.0 Å². The van der Waals surface area contributed by atoms with E-state index in [9.17, 15) is 4.79 Å². The predicted octanol–water partition coefficient (Wildman–Crippen LogP) is 2.56. The van der Waals surface area contributed by atoms with E-state index in [0.29, 0.717) is 11.6 Å². The minimum atomic E-state index is -0.378. The van der Waals surface area contributed by atoms with Gasteiger partial charge in [-0.1, -0.05) is 11.6 Å². The minimum Gasteiger partial charge on any atom is -0.320 e. The van der Waals surface area contributed by atoms with E-state index in [2.05, 4.69) is 15.9 Å². The summed E-state index contributed by atoms with van der Waals surface area (Å²) in [4.78, 5) is 13.6. The van der Waals surface area contributed by atoms with Gasteiger partial charge >= 0.3 is 0 Å². The van der Waals surface area contributed by atoms with Gasteiger partial charge in [-0.2, -0.15) is 0 Å². The summed E-state index contributed by atoms with van der Waals surface area (Å²) in [6.45, 7) is 0.715. The topological polar surface area (TPSA) is 46.3 Å². The Kier molecular flexibility index (Phi) is 3.52. The number of piperidine rings is 1. The molecule has 0 saturated carbocycles. The molecule has 1 heterocycles. The van der Waals surface area contributed by atoms with Gasteiger partial charge in [0.1, 0.15) is 0 Å². The van der Waals surface area contributed by atoms with E-state index in [-0.39, 0.29) is 11.9 Å². The van der Waals surface area contributed by atoms with Crippen LogP contribution in [0.2, 0.25) is 5.02 Å². The number of hydrogen-bond donors (Lipinski definition) is 1. The molecule has 1 aromatic carbocycles. The number of hydrogen-bond acceptors (Lipinski definition) is 2. The first-order valence-corrected chi connectivity index (χ1v) is 6.28. The van der Waals surface area contributed by atoms with Gasteiger partial charge in [0.15, 0.2) is 0 Å². The van der Waals surface area contributed by atoms with Gasteiger partial charge in [-0.15, -0.1) is 0 Å². The minimum absolute atomic E-state index is 0.0192. The molecule has 16 heavy (non-hydrogen) atoms. The second kappa shape index (κ2) is 4.73. The molecule has 1 saturated heterocycles. The summed E-state index contributed by atoms with van der Waals surface area (Å²) in [6, 6.07) is 5.01. The van der Waals surface area contributed by atoms with Crippen LogP contribution < -0.4 is 10.6 Å². The molecule has 1 amide bonds. The van der Waals surface area contributed by atoms with Gasteiger partial charge in [0.05, 0.1) is 11.7 Å². The number of anilines is 1. The van der Waals surface area contributed by atoms with Crippen LogP contribution in [0.15, 0.2) is 22.7 Å². The molecule has 2 rings (SSSR count). The van der Waals surface area contributed by atoms with Crippen molar-refractivity contribution >= 4 is 39.1 Å². The third-order valence-corrected chi connectivity index (χ3v) is 3.55. The van der Waals surface area contributed by atoms with Crippen LogP contribution >= 0.6 is 27.5 Å². The van der Waals surface area contributed by atoms with E-state index < -0.39 is 0 Å². The first-order valence-electron chi connectivity index (χ1n) is 5.11. The van der Waals surface area contributed by atoms with Gasteiger partial charge in [0, 0.05) is 16.0 Å². The summed E-state index contributed by atoms with van der Waals surface area (Å²) >= 11 is 9.27. The molecule has 0 aliphatic carbocycles. The smallest absolute Gasteiger partial charge is 0.243 e. The van der Waals surface area contributed by atoms with Crippen molar-refractivity contribution in [2.24, 2.45) is 5.73 Å². The zero-order chi connectivity index (χ0) is 11.7. The fraction of sp³-hybridized carbons (Fsp3) is 0.364. The Bertz CT molecular complexity index is 424. The van der Waals surface area contributed by atoms with Crippen LogP contribution in [0.3, 0.4) is 0 Å². The van der Waals surface area contributed by atoms with Gasteiger partial charge in [0.2, 0.25) is 5.91 Å². The third kappa shape index (κ3) is 2.24. The largest absolute Gasteiger partial charge is 0.320 e. The van der Waals surface area contributed by atoms with Crippen molar-refractivity contribution < 1.29 is 4.79 Å². The van der Waals surface area contributed by atoms with Crippen molar-refractivity contribution in [1.29, 1.82) is 0 Å². The first-order chi connectivity index (χ1) is 7.59. The highest BCUT2D eigenvalue weighted by atomic mass is 79.9. The van der Waals surface area contributed by atoms with E-state index in [1.807, 2.05) is 6.07 Å². The Morgan fingerprint density at radius 1 is 1.50 bits per heavy atom. The standard InChI is InChI=1S/C11H12BrClN2O/c12-8-6-7(13)3-4-10(8)15-5-1-2-9(14)11(15)16/h3-4,6,9H,1-2,5,14H2. The summed E-state index contributed by atoms with van der Waals surface area (Å²) in [5.74, 6) is -0.0192. The summed E-state index contributed by atoms with van der Waals surface area (Å²) in [5, 5.41) is 0.643. The predicted molar refractivity (Wildman–Crippen MR) is 68.7 cm³/mol. The first kappa shape index (κ1) is 11.9. The molecule has 1 unspecified atom stereocenters. The lowest BCUT2D eigenvalue weighted by atomic mass is 10.1. The van der Waals surface area contributed by atoms with E-state index in [1.54, 1.807) is 17.0 Å². The van der Waals surface area contributed by atoms with Crippen LogP contribution in [0.5, 0.6) is 0 Å². The fourth-order valence-electron chi connectivity index (χ4n) is 1.84. The molecule has 1 aromatic rings. The monoisotopic (exact) mass is 302 g/mol.